The first-order valence-electron chi connectivity index (χ1n) is 9.71. The van der Waals surface area contributed by atoms with Gasteiger partial charge in [-0.1, -0.05) is 0 Å². The Labute approximate surface area is 161 Å². The minimum atomic E-state index is 0.0943. The Morgan fingerprint density at radius 1 is 0.889 bits per heavy atom. The molecule has 0 bridgehead atoms. The molecule has 7 nitrogen and oxygen atoms in total. The highest BCUT2D eigenvalue weighted by Gasteiger charge is 2.23. The van der Waals surface area contributed by atoms with E-state index in [9.17, 15) is 9.59 Å². The SMILES string of the molecule is COc1ccc(N2CCN(CCC(=O)N3CCN(C(C)=O)CC3)CC2)cc1. The molecule has 0 atom stereocenters. The Balaban J connectivity index is 1.38. The van der Waals surface area contributed by atoms with E-state index in [4.69, 9.17) is 4.74 Å². The first-order chi connectivity index (χ1) is 13.1. The number of hydrogen-bond acceptors (Lipinski definition) is 5. The summed E-state index contributed by atoms with van der Waals surface area (Å²) in [6, 6.07) is 8.18. The van der Waals surface area contributed by atoms with Gasteiger partial charge in [0.25, 0.3) is 0 Å². The van der Waals surface area contributed by atoms with Crippen LogP contribution in [0.25, 0.3) is 0 Å². The summed E-state index contributed by atoms with van der Waals surface area (Å²) in [5, 5.41) is 0. The van der Waals surface area contributed by atoms with Gasteiger partial charge >= 0.3 is 0 Å². The van der Waals surface area contributed by atoms with Crippen LogP contribution in [0.15, 0.2) is 24.3 Å². The second-order valence-electron chi connectivity index (χ2n) is 7.16. The van der Waals surface area contributed by atoms with Crippen molar-refractivity contribution in [2.75, 3.05) is 70.9 Å². The van der Waals surface area contributed by atoms with Crippen molar-refractivity contribution in [3.05, 3.63) is 24.3 Å². The fourth-order valence-electron chi connectivity index (χ4n) is 3.71. The van der Waals surface area contributed by atoms with Crippen molar-refractivity contribution in [1.29, 1.82) is 0 Å². The smallest absolute Gasteiger partial charge is 0.223 e. The summed E-state index contributed by atoms with van der Waals surface area (Å²) in [7, 11) is 1.68. The lowest BCUT2D eigenvalue weighted by molar-refractivity contribution is -0.138. The highest BCUT2D eigenvalue weighted by Crippen LogP contribution is 2.20. The van der Waals surface area contributed by atoms with Crippen LogP contribution in [0.2, 0.25) is 0 Å². The van der Waals surface area contributed by atoms with E-state index in [1.807, 2.05) is 21.9 Å². The van der Waals surface area contributed by atoms with Gasteiger partial charge in [0.05, 0.1) is 7.11 Å². The topological polar surface area (TPSA) is 56.3 Å². The maximum atomic E-state index is 12.4. The molecule has 0 spiro atoms. The van der Waals surface area contributed by atoms with Crippen molar-refractivity contribution >= 4 is 17.5 Å². The van der Waals surface area contributed by atoms with Gasteiger partial charge in [-0.3, -0.25) is 14.5 Å². The van der Waals surface area contributed by atoms with E-state index < -0.39 is 0 Å². The standard InChI is InChI=1S/C20H30N4O3/c1-17(25)22-13-15-24(16-14-22)20(26)7-8-21-9-11-23(12-10-21)18-3-5-19(27-2)6-4-18/h3-6H,7-16H2,1-2H3. The van der Waals surface area contributed by atoms with Gasteiger partial charge in [0.15, 0.2) is 0 Å². The molecule has 3 rings (SSSR count). The predicted octanol–water partition coefficient (Wildman–Crippen LogP) is 0.898. The maximum Gasteiger partial charge on any atom is 0.223 e. The molecule has 2 aliphatic rings. The fourth-order valence-corrected chi connectivity index (χ4v) is 3.71. The number of carbonyl (C=O) groups is 2. The minimum Gasteiger partial charge on any atom is -0.497 e. The maximum absolute atomic E-state index is 12.4. The molecule has 0 aliphatic carbocycles. The molecule has 2 fully saturated rings. The molecule has 148 valence electrons. The van der Waals surface area contributed by atoms with Crippen LogP contribution in [0.1, 0.15) is 13.3 Å². The number of rotatable bonds is 5. The number of piperazine rings is 2. The lowest BCUT2D eigenvalue weighted by atomic mass is 10.2. The summed E-state index contributed by atoms with van der Waals surface area (Å²) >= 11 is 0. The van der Waals surface area contributed by atoms with Gasteiger partial charge in [0.2, 0.25) is 11.8 Å². The highest BCUT2D eigenvalue weighted by molar-refractivity contribution is 5.77. The van der Waals surface area contributed by atoms with Crippen molar-refractivity contribution in [2.45, 2.75) is 13.3 Å². The van der Waals surface area contributed by atoms with Crippen LogP contribution in [0.4, 0.5) is 5.69 Å². The summed E-state index contributed by atoms with van der Waals surface area (Å²) in [5.74, 6) is 1.17. The molecular formula is C20H30N4O3. The number of hydrogen-bond donors (Lipinski definition) is 0. The van der Waals surface area contributed by atoms with E-state index in [2.05, 4.69) is 21.9 Å². The zero-order valence-electron chi connectivity index (χ0n) is 16.4. The Kier molecular flexibility index (Phi) is 6.55. The molecule has 0 unspecified atom stereocenters. The van der Waals surface area contributed by atoms with Gasteiger partial charge in [-0.15, -0.1) is 0 Å². The Morgan fingerprint density at radius 2 is 1.48 bits per heavy atom. The van der Waals surface area contributed by atoms with Gasteiger partial charge in [0, 0.05) is 77.9 Å². The van der Waals surface area contributed by atoms with Crippen molar-refractivity contribution in [2.24, 2.45) is 0 Å². The Morgan fingerprint density at radius 3 is 2.04 bits per heavy atom. The molecule has 2 aliphatic heterocycles. The lowest BCUT2D eigenvalue weighted by Gasteiger charge is -2.37. The fraction of sp³-hybridized carbons (Fsp3) is 0.600. The molecule has 1 aromatic carbocycles. The first kappa shape index (κ1) is 19.5. The first-order valence-corrected chi connectivity index (χ1v) is 9.71. The number of amides is 2. The van der Waals surface area contributed by atoms with Gasteiger partial charge in [0.1, 0.15) is 5.75 Å². The van der Waals surface area contributed by atoms with Crippen LogP contribution in [0, 0.1) is 0 Å². The van der Waals surface area contributed by atoms with E-state index >= 15 is 0 Å². The summed E-state index contributed by atoms with van der Waals surface area (Å²) in [6.45, 7) is 8.90. The number of anilines is 1. The molecule has 2 amide bonds. The summed E-state index contributed by atoms with van der Waals surface area (Å²) in [4.78, 5) is 32.3. The van der Waals surface area contributed by atoms with Crippen molar-refractivity contribution < 1.29 is 14.3 Å². The largest absolute Gasteiger partial charge is 0.497 e. The van der Waals surface area contributed by atoms with Gasteiger partial charge in [-0.25, -0.2) is 0 Å². The van der Waals surface area contributed by atoms with E-state index in [0.29, 0.717) is 32.6 Å². The minimum absolute atomic E-state index is 0.0943. The highest BCUT2D eigenvalue weighted by atomic mass is 16.5. The molecule has 0 saturated carbocycles. The molecule has 0 radical (unpaired) electrons. The second-order valence-corrected chi connectivity index (χ2v) is 7.16. The van der Waals surface area contributed by atoms with Crippen LogP contribution in [-0.4, -0.2) is 92.5 Å². The zero-order chi connectivity index (χ0) is 19.2. The number of carbonyl (C=O) groups excluding carboxylic acids is 2. The predicted molar refractivity (Wildman–Crippen MR) is 105 cm³/mol. The second kappa shape index (κ2) is 9.08. The van der Waals surface area contributed by atoms with Crippen LogP contribution >= 0.6 is 0 Å². The van der Waals surface area contributed by atoms with Crippen LogP contribution < -0.4 is 9.64 Å². The van der Waals surface area contributed by atoms with Crippen LogP contribution in [0.5, 0.6) is 5.75 Å². The van der Waals surface area contributed by atoms with Gasteiger partial charge < -0.3 is 19.4 Å². The van der Waals surface area contributed by atoms with E-state index in [-0.39, 0.29) is 11.8 Å². The molecule has 2 heterocycles. The van der Waals surface area contributed by atoms with E-state index in [1.165, 1.54) is 5.69 Å². The number of benzene rings is 1. The summed E-state index contributed by atoms with van der Waals surface area (Å²) in [5.41, 5.74) is 1.22. The molecule has 2 saturated heterocycles. The molecular weight excluding hydrogens is 344 g/mol. The molecule has 7 heteroatoms. The molecule has 0 N–H and O–H groups in total. The third-order valence-corrected chi connectivity index (χ3v) is 5.53. The Bertz CT molecular complexity index is 633. The van der Waals surface area contributed by atoms with Gasteiger partial charge in [-0.2, -0.15) is 0 Å². The third kappa shape index (κ3) is 5.13. The van der Waals surface area contributed by atoms with E-state index in [1.54, 1.807) is 14.0 Å². The monoisotopic (exact) mass is 374 g/mol. The average Bonchev–Trinajstić information content (AvgIpc) is 2.72. The number of ether oxygens (including phenoxy) is 1. The van der Waals surface area contributed by atoms with Crippen molar-refractivity contribution in [3.8, 4) is 5.75 Å². The summed E-state index contributed by atoms with van der Waals surface area (Å²) < 4.78 is 5.21. The lowest BCUT2D eigenvalue weighted by Crippen LogP contribution is -2.51. The van der Waals surface area contributed by atoms with E-state index in [0.717, 1.165) is 38.5 Å². The number of methoxy groups -OCH3 is 1. The Hall–Kier alpha value is -2.28. The summed E-state index contributed by atoms with van der Waals surface area (Å²) in [6.07, 6.45) is 0.558. The molecule has 27 heavy (non-hydrogen) atoms. The van der Waals surface area contributed by atoms with Crippen molar-refractivity contribution in [1.82, 2.24) is 14.7 Å². The van der Waals surface area contributed by atoms with Crippen LogP contribution in [0.3, 0.4) is 0 Å². The normalized spacial score (nSPS) is 18.5. The third-order valence-electron chi connectivity index (χ3n) is 5.53. The zero-order valence-corrected chi connectivity index (χ0v) is 16.4. The quantitative estimate of drug-likeness (QED) is 0.766. The van der Waals surface area contributed by atoms with Crippen LogP contribution in [-0.2, 0) is 9.59 Å². The van der Waals surface area contributed by atoms with Gasteiger partial charge in [-0.05, 0) is 24.3 Å². The molecule has 0 aromatic heterocycles. The number of nitrogens with zero attached hydrogens (tertiary/aromatic N) is 4. The molecule has 1 aromatic rings. The average molecular weight is 374 g/mol. The van der Waals surface area contributed by atoms with Crippen molar-refractivity contribution in [3.63, 3.8) is 0 Å².